The Morgan fingerprint density at radius 1 is 1.10 bits per heavy atom. The lowest BCUT2D eigenvalue weighted by molar-refractivity contribution is 0.486. The van der Waals surface area contributed by atoms with Gasteiger partial charge in [-0.1, -0.05) is 44.2 Å². The number of nitrogens with two attached hydrogens (primary N) is 1. The van der Waals surface area contributed by atoms with Gasteiger partial charge in [-0.3, -0.25) is 0 Å². The Morgan fingerprint density at radius 3 is 2.43 bits per heavy atom. The average Bonchev–Trinajstić information content (AvgIpc) is 2.44. The number of sulfonamides is 1. The molecule has 0 fully saturated rings. The van der Waals surface area contributed by atoms with Crippen molar-refractivity contribution in [3.05, 3.63) is 42.5 Å². The van der Waals surface area contributed by atoms with Crippen molar-refractivity contribution in [1.82, 2.24) is 4.72 Å². The molecule has 0 saturated heterocycles. The Bertz CT molecular complexity index is 711. The van der Waals surface area contributed by atoms with Crippen LogP contribution in [-0.4, -0.2) is 21.0 Å². The maximum absolute atomic E-state index is 12.3. The Balaban J connectivity index is 2.14. The van der Waals surface area contributed by atoms with Crippen LogP contribution in [0.1, 0.15) is 20.3 Å². The van der Waals surface area contributed by atoms with Crippen LogP contribution in [0.15, 0.2) is 47.4 Å². The highest BCUT2D eigenvalue weighted by molar-refractivity contribution is 7.89. The second-order valence-electron chi connectivity index (χ2n) is 5.75. The van der Waals surface area contributed by atoms with Gasteiger partial charge in [0.15, 0.2) is 0 Å². The standard InChI is InChI=1S/C16H22N2O2S/c1-12(2)9-15(17)11-18-21(19,20)16-8-7-13-5-3-4-6-14(13)10-16/h3-8,10,12,15,18H,9,11,17H2,1-2H3. The first-order valence-corrected chi connectivity index (χ1v) is 8.61. The smallest absolute Gasteiger partial charge is 0.240 e. The number of fused-ring (bicyclic) bond motifs is 1. The van der Waals surface area contributed by atoms with E-state index in [4.69, 9.17) is 5.73 Å². The molecule has 3 N–H and O–H groups in total. The SMILES string of the molecule is CC(C)CC(N)CNS(=O)(=O)c1ccc2ccccc2c1. The molecule has 0 radical (unpaired) electrons. The van der Waals surface area contributed by atoms with E-state index in [0.717, 1.165) is 17.2 Å². The highest BCUT2D eigenvalue weighted by Crippen LogP contribution is 2.18. The topological polar surface area (TPSA) is 72.2 Å². The zero-order valence-corrected chi connectivity index (χ0v) is 13.2. The lowest BCUT2D eigenvalue weighted by Crippen LogP contribution is -2.37. The quantitative estimate of drug-likeness (QED) is 0.861. The highest BCUT2D eigenvalue weighted by Gasteiger charge is 2.16. The van der Waals surface area contributed by atoms with Gasteiger partial charge in [0.25, 0.3) is 0 Å². The molecule has 4 nitrogen and oxygen atoms in total. The van der Waals surface area contributed by atoms with Crippen molar-refractivity contribution in [2.75, 3.05) is 6.54 Å². The second kappa shape index (κ2) is 6.56. The molecule has 5 heteroatoms. The molecule has 0 bridgehead atoms. The first-order chi connectivity index (χ1) is 9.88. The third kappa shape index (κ3) is 4.27. The minimum atomic E-state index is -3.51. The fourth-order valence-corrected chi connectivity index (χ4v) is 3.45. The molecule has 0 aliphatic heterocycles. The van der Waals surface area contributed by atoms with Crippen LogP contribution >= 0.6 is 0 Å². The molecule has 0 saturated carbocycles. The van der Waals surface area contributed by atoms with E-state index in [1.165, 1.54) is 0 Å². The van der Waals surface area contributed by atoms with Gasteiger partial charge in [-0.05, 0) is 35.2 Å². The molecule has 2 aromatic carbocycles. The Labute approximate surface area is 126 Å². The Hall–Kier alpha value is -1.43. The molecular formula is C16H22N2O2S. The van der Waals surface area contributed by atoms with Crippen molar-refractivity contribution in [3.8, 4) is 0 Å². The molecule has 0 spiro atoms. The van der Waals surface area contributed by atoms with E-state index in [-0.39, 0.29) is 17.5 Å². The molecule has 2 aromatic rings. The van der Waals surface area contributed by atoms with E-state index in [2.05, 4.69) is 18.6 Å². The molecule has 1 unspecified atom stereocenters. The number of benzene rings is 2. The Kier molecular flexibility index (Phi) is 4.98. The van der Waals surface area contributed by atoms with Crippen molar-refractivity contribution in [1.29, 1.82) is 0 Å². The van der Waals surface area contributed by atoms with Gasteiger partial charge in [-0.25, -0.2) is 13.1 Å². The molecule has 0 amide bonds. The summed E-state index contributed by atoms with van der Waals surface area (Å²) in [5.74, 6) is 0.449. The van der Waals surface area contributed by atoms with Gasteiger partial charge in [0.2, 0.25) is 10.0 Å². The third-order valence-corrected chi connectivity index (χ3v) is 4.76. The zero-order valence-electron chi connectivity index (χ0n) is 12.4. The summed E-state index contributed by atoms with van der Waals surface area (Å²) in [4.78, 5) is 0.276. The van der Waals surface area contributed by atoms with Crippen LogP contribution in [0.4, 0.5) is 0 Å². The summed E-state index contributed by atoms with van der Waals surface area (Å²) in [7, 11) is -3.51. The fourth-order valence-electron chi connectivity index (χ4n) is 2.32. The van der Waals surface area contributed by atoms with Crippen LogP contribution in [0.2, 0.25) is 0 Å². The van der Waals surface area contributed by atoms with Gasteiger partial charge in [0, 0.05) is 12.6 Å². The average molecular weight is 306 g/mol. The minimum Gasteiger partial charge on any atom is -0.327 e. The predicted octanol–water partition coefficient (Wildman–Crippen LogP) is 2.49. The van der Waals surface area contributed by atoms with E-state index < -0.39 is 10.0 Å². The summed E-state index contributed by atoms with van der Waals surface area (Å²) in [6, 6.07) is 12.6. The van der Waals surface area contributed by atoms with Crippen molar-refractivity contribution in [2.24, 2.45) is 11.7 Å². The molecule has 0 aliphatic carbocycles. The van der Waals surface area contributed by atoms with Crippen LogP contribution < -0.4 is 10.5 Å². The summed E-state index contributed by atoms with van der Waals surface area (Å²) in [6.07, 6.45) is 0.792. The summed E-state index contributed by atoms with van der Waals surface area (Å²) in [6.45, 7) is 4.39. The molecule has 0 aromatic heterocycles. The lowest BCUT2D eigenvalue weighted by Gasteiger charge is -2.15. The Morgan fingerprint density at radius 2 is 1.76 bits per heavy atom. The van der Waals surface area contributed by atoms with Crippen LogP contribution in [0.5, 0.6) is 0 Å². The maximum Gasteiger partial charge on any atom is 0.240 e. The summed E-state index contributed by atoms with van der Waals surface area (Å²) in [5.41, 5.74) is 5.92. The number of rotatable bonds is 6. The molecule has 2 rings (SSSR count). The fraction of sp³-hybridized carbons (Fsp3) is 0.375. The molecule has 1 atom stereocenters. The normalized spacial score (nSPS) is 13.7. The van der Waals surface area contributed by atoms with E-state index >= 15 is 0 Å². The van der Waals surface area contributed by atoms with Gasteiger partial charge in [0.1, 0.15) is 0 Å². The second-order valence-corrected chi connectivity index (χ2v) is 7.52. The number of hydrogen-bond donors (Lipinski definition) is 2. The molecule has 0 heterocycles. The third-order valence-electron chi connectivity index (χ3n) is 3.34. The van der Waals surface area contributed by atoms with E-state index in [9.17, 15) is 8.42 Å². The molecule has 0 aliphatic rings. The van der Waals surface area contributed by atoms with Crippen molar-refractivity contribution in [2.45, 2.75) is 31.2 Å². The van der Waals surface area contributed by atoms with Crippen LogP contribution in [0.3, 0.4) is 0 Å². The van der Waals surface area contributed by atoms with Crippen LogP contribution in [-0.2, 0) is 10.0 Å². The van der Waals surface area contributed by atoms with Gasteiger partial charge in [-0.15, -0.1) is 0 Å². The molecular weight excluding hydrogens is 284 g/mol. The van der Waals surface area contributed by atoms with Gasteiger partial charge >= 0.3 is 0 Å². The molecule has 21 heavy (non-hydrogen) atoms. The summed E-state index contributed by atoms with van der Waals surface area (Å²) >= 11 is 0. The van der Waals surface area contributed by atoms with E-state index in [0.29, 0.717) is 5.92 Å². The molecule has 114 valence electrons. The van der Waals surface area contributed by atoms with Crippen molar-refractivity contribution >= 4 is 20.8 Å². The van der Waals surface area contributed by atoms with Gasteiger partial charge in [0.05, 0.1) is 4.90 Å². The maximum atomic E-state index is 12.3. The van der Waals surface area contributed by atoms with Gasteiger partial charge in [-0.2, -0.15) is 0 Å². The monoisotopic (exact) mass is 306 g/mol. The summed E-state index contributed by atoms with van der Waals surface area (Å²) < 4.78 is 27.2. The highest BCUT2D eigenvalue weighted by atomic mass is 32.2. The number of nitrogens with one attached hydrogen (secondary N) is 1. The largest absolute Gasteiger partial charge is 0.327 e. The minimum absolute atomic E-state index is 0.166. The van der Waals surface area contributed by atoms with Crippen molar-refractivity contribution in [3.63, 3.8) is 0 Å². The van der Waals surface area contributed by atoms with Crippen molar-refractivity contribution < 1.29 is 8.42 Å². The van der Waals surface area contributed by atoms with E-state index in [1.807, 2.05) is 30.3 Å². The predicted molar refractivity (Wildman–Crippen MR) is 86.6 cm³/mol. The first-order valence-electron chi connectivity index (χ1n) is 7.12. The number of hydrogen-bond acceptors (Lipinski definition) is 3. The summed E-state index contributed by atoms with van der Waals surface area (Å²) in [5, 5.41) is 1.93. The zero-order chi connectivity index (χ0) is 15.5. The van der Waals surface area contributed by atoms with E-state index in [1.54, 1.807) is 12.1 Å². The first kappa shape index (κ1) is 15.9. The van der Waals surface area contributed by atoms with Crippen LogP contribution in [0, 0.1) is 5.92 Å². The van der Waals surface area contributed by atoms with Gasteiger partial charge < -0.3 is 5.73 Å². The van der Waals surface area contributed by atoms with Crippen LogP contribution in [0.25, 0.3) is 10.8 Å². The lowest BCUT2D eigenvalue weighted by atomic mass is 10.1.